The molecule has 0 unspecified atom stereocenters. The number of amides is 1. The molecule has 0 saturated heterocycles. The summed E-state index contributed by atoms with van der Waals surface area (Å²) in [5.41, 5.74) is 5.30. The lowest BCUT2D eigenvalue weighted by Crippen LogP contribution is -2.35. The van der Waals surface area contributed by atoms with Crippen molar-refractivity contribution in [2.75, 3.05) is 0 Å². The first kappa shape index (κ1) is 9.56. The van der Waals surface area contributed by atoms with Gasteiger partial charge in [0, 0.05) is 5.41 Å². The van der Waals surface area contributed by atoms with Gasteiger partial charge in [0.2, 0.25) is 5.91 Å². The summed E-state index contributed by atoms with van der Waals surface area (Å²) in [5, 5.41) is 0. The maximum atomic E-state index is 11.3. The highest BCUT2D eigenvalue weighted by molar-refractivity contribution is 5.81. The molecule has 0 spiro atoms. The summed E-state index contributed by atoms with van der Waals surface area (Å²) in [5.74, 6) is 0.504. The molecular weight excluding hydrogens is 150 g/mol. The van der Waals surface area contributed by atoms with Gasteiger partial charge in [0.15, 0.2) is 0 Å². The van der Waals surface area contributed by atoms with E-state index >= 15 is 0 Å². The number of nitrogens with two attached hydrogens (primary N) is 1. The summed E-state index contributed by atoms with van der Waals surface area (Å²) in [7, 11) is 0. The number of hydrogen-bond donors (Lipinski definition) is 1. The van der Waals surface area contributed by atoms with Gasteiger partial charge in [-0.1, -0.05) is 26.7 Å². The Labute approximate surface area is 74.5 Å². The average molecular weight is 169 g/mol. The Bertz CT molecular complexity index is 169. The van der Waals surface area contributed by atoms with E-state index in [9.17, 15) is 4.79 Å². The molecule has 0 aromatic heterocycles. The normalized spacial score (nSPS) is 21.6. The number of rotatable bonds is 3. The molecule has 2 heteroatoms. The van der Waals surface area contributed by atoms with Gasteiger partial charge in [-0.05, 0) is 25.2 Å². The molecule has 70 valence electrons. The van der Waals surface area contributed by atoms with Crippen LogP contribution in [-0.2, 0) is 4.79 Å². The molecule has 0 aromatic rings. The van der Waals surface area contributed by atoms with Gasteiger partial charge >= 0.3 is 0 Å². The van der Waals surface area contributed by atoms with Crippen molar-refractivity contribution in [2.45, 2.75) is 46.0 Å². The third kappa shape index (κ3) is 1.79. The van der Waals surface area contributed by atoms with E-state index < -0.39 is 0 Å². The van der Waals surface area contributed by atoms with Gasteiger partial charge in [-0.2, -0.15) is 0 Å². The highest BCUT2D eigenvalue weighted by Crippen LogP contribution is 2.42. The molecule has 1 aliphatic rings. The zero-order valence-corrected chi connectivity index (χ0v) is 8.10. The summed E-state index contributed by atoms with van der Waals surface area (Å²) >= 11 is 0. The van der Waals surface area contributed by atoms with Crippen LogP contribution in [0.5, 0.6) is 0 Å². The monoisotopic (exact) mass is 169 g/mol. The van der Waals surface area contributed by atoms with E-state index in [0.717, 1.165) is 19.3 Å². The van der Waals surface area contributed by atoms with Crippen LogP contribution in [0.3, 0.4) is 0 Å². The van der Waals surface area contributed by atoms with E-state index in [4.69, 9.17) is 5.73 Å². The minimum absolute atomic E-state index is 0.0753. The number of carbonyl (C=O) groups is 1. The molecule has 1 rings (SSSR count). The van der Waals surface area contributed by atoms with Gasteiger partial charge in [-0.3, -0.25) is 4.79 Å². The van der Waals surface area contributed by atoms with Crippen LogP contribution in [0, 0.1) is 11.3 Å². The van der Waals surface area contributed by atoms with E-state index in [1.54, 1.807) is 0 Å². The van der Waals surface area contributed by atoms with Gasteiger partial charge in [-0.25, -0.2) is 0 Å². The van der Waals surface area contributed by atoms with Crippen LogP contribution in [0.15, 0.2) is 0 Å². The van der Waals surface area contributed by atoms with Crippen molar-refractivity contribution in [2.24, 2.45) is 17.1 Å². The second kappa shape index (κ2) is 3.46. The molecule has 0 bridgehead atoms. The molecule has 0 aromatic carbocycles. The summed E-state index contributed by atoms with van der Waals surface area (Å²) in [6.45, 7) is 4.31. The molecule has 1 amide bonds. The molecule has 0 atom stereocenters. The lowest BCUT2D eigenvalue weighted by molar-refractivity contribution is -0.128. The fourth-order valence-corrected chi connectivity index (χ4v) is 2.38. The van der Waals surface area contributed by atoms with Crippen molar-refractivity contribution in [3.8, 4) is 0 Å². The molecule has 2 N–H and O–H groups in total. The largest absolute Gasteiger partial charge is 0.369 e. The Balaban J connectivity index is 2.65. The summed E-state index contributed by atoms with van der Waals surface area (Å²) in [4.78, 5) is 11.3. The minimum atomic E-state index is -0.145. The third-order valence-electron chi connectivity index (χ3n) is 2.88. The molecule has 0 radical (unpaired) electrons. The van der Waals surface area contributed by atoms with Gasteiger partial charge < -0.3 is 5.73 Å². The van der Waals surface area contributed by atoms with Crippen LogP contribution in [0.25, 0.3) is 0 Å². The fourth-order valence-electron chi connectivity index (χ4n) is 2.38. The van der Waals surface area contributed by atoms with Crippen LogP contribution in [0.2, 0.25) is 0 Å². The highest BCUT2D eigenvalue weighted by atomic mass is 16.1. The van der Waals surface area contributed by atoms with E-state index in [2.05, 4.69) is 13.8 Å². The molecular formula is C10H19NO. The molecule has 0 heterocycles. The number of carbonyl (C=O) groups excluding carboxylic acids is 1. The van der Waals surface area contributed by atoms with Crippen molar-refractivity contribution < 1.29 is 4.79 Å². The Morgan fingerprint density at radius 3 is 2.25 bits per heavy atom. The summed E-state index contributed by atoms with van der Waals surface area (Å²) in [6.07, 6.45) is 5.36. The van der Waals surface area contributed by atoms with Crippen LogP contribution < -0.4 is 5.73 Å². The van der Waals surface area contributed by atoms with Crippen molar-refractivity contribution in [3.05, 3.63) is 0 Å². The van der Waals surface area contributed by atoms with Gasteiger partial charge in [-0.15, -0.1) is 0 Å². The van der Waals surface area contributed by atoms with Crippen molar-refractivity contribution in [1.82, 2.24) is 0 Å². The Morgan fingerprint density at radius 2 is 1.92 bits per heavy atom. The fraction of sp³-hybridized carbons (Fsp3) is 0.900. The molecule has 2 nitrogen and oxygen atoms in total. The Hall–Kier alpha value is -0.530. The van der Waals surface area contributed by atoms with E-state index in [1.165, 1.54) is 12.8 Å². The predicted molar refractivity (Wildman–Crippen MR) is 49.6 cm³/mol. The molecule has 1 saturated carbocycles. The SMILES string of the molecule is CC(C)CC1(C(N)=O)CCCC1. The highest BCUT2D eigenvalue weighted by Gasteiger charge is 2.39. The Kier molecular flexibility index (Phi) is 2.76. The minimum Gasteiger partial charge on any atom is -0.369 e. The summed E-state index contributed by atoms with van der Waals surface area (Å²) in [6, 6.07) is 0. The second-order valence-corrected chi connectivity index (χ2v) is 4.45. The van der Waals surface area contributed by atoms with Crippen LogP contribution >= 0.6 is 0 Å². The van der Waals surface area contributed by atoms with Gasteiger partial charge in [0.1, 0.15) is 0 Å². The molecule has 1 fully saturated rings. The van der Waals surface area contributed by atoms with E-state index in [0.29, 0.717) is 5.92 Å². The first-order valence-corrected chi connectivity index (χ1v) is 4.87. The maximum absolute atomic E-state index is 11.3. The molecule has 0 aliphatic heterocycles. The van der Waals surface area contributed by atoms with Crippen molar-refractivity contribution in [3.63, 3.8) is 0 Å². The van der Waals surface area contributed by atoms with Crippen LogP contribution in [0.1, 0.15) is 46.0 Å². The van der Waals surface area contributed by atoms with Gasteiger partial charge in [0.05, 0.1) is 0 Å². The average Bonchev–Trinajstić information content (AvgIpc) is 2.35. The number of hydrogen-bond acceptors (Lipinski definition) is 1. The first-order chi connectivity index (χ1) is 5.57. The van der Waals surface area contributed by atoms with Gasteiger partial charge in [0.25, 0.3) is 0 Å². The van der Waals surface area contributed by atoms with E-state index in [-0.39, 0.29) is 11.3 Å². The zero-order chi connectivity index (χ0) is 9.19. The second-order valence-electron chi connectivity index (χ2n) is 4.45. The first-order valence-electron chi connectivity index (χ1n) is 4.87. The number of primary amides is 1. The Morgan fingerprint density at radius 1 is 1.42 bits per heavy atom. The topological polar surface area (TPSA) is 43.1 Å². The lowest BCUT2D eigenvalue weighted by atomic mass is 9.78. The van der Waals surface area contributed by atoms with E-state index in [1.807, 2.05) is 0 Å². The van der Waals surface area contributed by atoms with Crippen molar-refractivity contribution >= 4 is 5.91 Å². The third-order valence-corrected chi connectivity index (χ3v) is 2.88. The standard InChI is InChI=1S/C10H19NO/c1-8(2)7-10(9(11)12)5-3-4-6-10/h8H,3-7H2,1-2H3,(H2,11,12). The lowest BCUT2D eigenvalue weighted by Gasteiger charge is -2.26. The smallest absolute Gasteiger partial charge is 0.223 e. The summed E-state index contributed by atoms with van der Waals surface area (Å²) < 4.78 is 0. The molecule has 1 aliphatic carbocycles. The van der Waals surface area contributed by atoms with Crippen LogP contribution in [-0.4, -0.2) is 5.91 Å². The maximum Gasteiger partial charge on any atom is 0.223 e. The quantitative estimate of drug-likeness (QED) is 0.690. The molecule has 12 heavy (non-hydrogen) atoms. The van der Waals surface area contributed by atoms with Crippen LogP contribution in [0.4, 0.5) is 0 Å². The van der Waals surface area contributed by atoms with Crippen molar-refractivity contribution in [1.29, 1.82) is 0 Å². The predicted octanol–water partition coefficient (Wildman–Crippen LogP) is 2.08. The zero-order valence-electron chi connectivity index (χ0n) is 8.10.